The van der Waals surface area contributed by atoms with Gasteiger partial charge in [0.1, 0.15) is 6.29 Å². The first kappa shape index (κ1) is 21.9. The summed E-state index contributed by atoms with van der Waals surface area (Å²) in [6.45, 7) is 2.12. The van der Waals surface area contributed by atoms with Crippen molar-refractivity contribution in [3.63, 3.8) is 0 Å². The van der Waals surface area contributed by atoms with Crippen LogP contribution in [0, 0.1) is 0 Å². The summed E-state index contributed by atoms with van der Waals surface area (Å²) in [4.78, 5) is 35.1. The van der Waals surface area contributed by atoms with Crippen LogP contribution in [0.25, 0.3) is 0 Å². The highest BCUT2D eigenvalue weighted by molar-refractivity contribution is 6.08. The van der Waals surface area contributed by atoms with E-state index in [1.807, 2.05) is 0 Å². The van der Waals surface area contributed by atoms with Gasteiger partial charge in [-0.25, -0.2) is 0 Å². The highest BCUT2D eigenvalue weighted by Crippen LogP contribution is 2.19. The van der Waals surface area contributed by atoms with E-state index in [0.717, 1.165) is 44.9 Å². The Morgan fingerprint density at radius 3 is 1.88 bits per heavy atom. The Morgan fingerprint density at radius 1 is 0.885 bits per heavy atom. The molecule has 0 heterocycles. The van der Waals surface area contributed by atoms with Crippen molar-refractivity contribution in [2.45, 2.75) is 71.0 Å². The molecule has 1 aromatic rings. The largest absolute Gasteiger partial charge is 0.326 e. The molecule has 1 aromatic carbocycles. The second-order valence-corrected chi connectivity index (χ2v) is 6.47. The van der Waals surface area contributed by atoms with Gasteiger partial charge in [-0.3, -0.25) is 14.4 Å². The number of hydrogen-bond acceptors (Lipinski definition) is 3. The molecule has 5 nitrogen and oxygen atoms in total. The standard InChI is InChI=1S/C20H29BN2O3/c1-2-3-4-6-9-19(25)22-17-12-16(15-24)13-18(14-17)23-20(26)10-7-5-8-11-21/h12-15H,2-11H2,1H3,(H,22,25)(H,23,26). The summed E-state index contributed by atoms with van der Waals surface area (Å²) in [5.74, 6) is -0.190. The van der Waals surface area contributed by atoms with Crippen LogP contribution in [0.4, 0.5) is 11.4 Å². The van der Waals surface area contributed by atoms with Crippen molar-refractivity contribution in [3.8, 4) is 0 Å². The third-order valence-corrected chi connectivity index (χ3v) is 4.02. The zero-order chi connectivity index (χ0) is 19.2. The Labute approximate surface area is 157 Å². The van der Waals surface area contributed by atoms with Gasteiger partial charge in [-0.1, -0.05) is 45.3 Å². The van der Waals surface area contributed by atoms with E-state index < -0.39 is 0 Å². The van der Waals surface area contributed by atoms with Crippen LogP contribution in [-0.4, -0.2) is 25.9 Å². The van der Waals surface area contributed by atoms with E-state index in [1.165, 1.54) is 0 Å². The van der Waals surface area contributed by atoms with Crippen LogP contribution in [-0.2, 0) is 9.59 Å². The molecule has 0 fully saturated rings. The molecule has 0 aromatic heterocycles. The van der Waals surface area contributed by atoms with Gasteiger partial charge in [0.05, 0.1) is 7.85 Å². The predicted octanol–water partition coefficient (Wildman–Crippen LogP) is 4.49. The van der Waals surface area contributed by atoms with E-state index in [1.54, 1.807) is 18.2 Å². The lowest BCUT2D eigenvalue weighted by atomic mass is 9.99. The van der Waals surface area contributed by atoms with E-state index in [4.69, 9.17) is 7.85 Å². The van der Waals surface area contributed by atoms with E-state index in [-0.39, 0.29) is 11.8 Å². The molecule has 0 atom stereocenters. The lowest BCUT2D eigenvalue weighted by Crippen LogP contribution is -2.14. The summed E-state index contributed by atoms with van der Waals surface area (Å²) in [5.41, 5.74) is 1.44. The molecule has 0 aliphatic rings. The molecule has 0 saturated carbocycles. The van der Waals surface area contributed by atoms with Gasteiger partial charge in [-0.2, -0.15) is 0 Å². The molecule has 0 aliphatic carbocycles. The Hall–Kier alpha value is -2.11. The van der Waals surface area contributed by atoms with Crippen LogP contribution in [0.15, 0.2) is 18.2 Å². The fourth-order valence-electron chi connectivity index (χ4n) is 2.63. The van der Waals surface area contributed by atoms with E-state index in [2.05, 4.69) is 17.6 Å². The predicted molar refractivity (Wildman–Crippen MR) is 107 cm³/mol. The SMILES string of the molecule is [B]CCCCCC(=O)Nc1cc(C=O)cc(NC(=O)CCCCCC)c1. The van der Waals surface area contributed by atoms with Crippen LogP contribution < -0.4 is 10.6 Å². The first-order valence-electron chi connectivity index (χ1n) is 9.49. The Morgan fingerprint density at radius 2 is 1.42 bits per heavy atom. The van der Waals surface area contributed by atoms with Crippen molar-refractivity contribution in [2.24, 2.45) is 0 Å². The number of nitrogens with one attached hydrogen (secondary N) is 2. The quantitative estimate of drug-likeness (QED) is 0.311. The Kier molecular flexibility index (Phi) is 11.1. The number of carbonyl (C=O) groups is 3. The molecule has 0 aliphatic heterocycles. The number of amides is 2. The van der Waals surface area contributed by atoms with Crippen molar-refractivity contribution in [3.05, 3.63) is 23.8 Å². The van der Waals surface area contributed by atoms with E-state index in [9.17, 15) is 14.4 Å². The van der Waals surface area contributed by atoms with E-state index in [0.29, 0.717) is 42.4 Å². The topological polar surface area (TPSA) is 75.3 Å². The van der Waals surface area contributed by atoms with Gasteiger partial charge in [0, 0.05) is 29.8 Å². The summed E-state index contributed by atoms with van der Waals surface area (Å²) in [5, 5.41) is 5.59. The second kappa shape index (κ2) is 13.1. The van der Waals surface area contributed by atoms with Gasteiger partial charge < -0.3 is 10.6 Å². The number of benzene rings is 1. The molecule has 2 radical (unpaired) electrons. The molecule has 0 unspecified atom stereocenters. The van der Waals surface area contributed by atoms with Gasteiger partial charge >= 0.3 is 0 Å². The molecule has 2 N–H and O–H groups in total. The lowest BCUT2D eigenvalue weighted by Gasteiger charge is -2.10. The molecule has 140 valence electrons. The zero-order valence-electron chi connectivity index (χ0n) is 15.7. The monoisotopic (exact) mass is 356 g/mol. The van der Waals surface area contributed by atoms with Gasteiger partial charge in [0.2, 0.25) is 11.8 Å². The smallest absolute Gasteiger partial charge is 0.224 e. The maximum absolute atomic E-state index is 12.0. The van der Waals surface area contributed by atoms with Crippen LogP contribution in [0.3, 0.4) is 0 Å². The highest BCUT2D eigenvalue weighted by atomic mass is 16.2. The normalized spacial score (nSPS) is 10.3. The summed E-state index contributed by atoms with van der Waals surface area (Å²) in [6.07, 6.45) is 8.91. The number of anilines is 2. The molecular formula is C20H29BN2O3. The van der Waals surface area contributed by atoms with Crippen molar-refractivity contribution >= 4 is 37.3 Å². The van der Waals surface area contributed by atoms with Crippen LogP contribution in [0.2, 0.25) is 6.32 Å². The molecule has 0 bridgehead atoms. The van der Waals surface area contributed by atoms with Crippen molar-refractivity contribution in [2.75, 3.05) is 10.6 Å². The third kappa shape index (κ3) is 9.40. The molecule has 1 rings (SSSR count). The summed E-state index contributed by atoms with van der Waals surface area (Å²) < 4.78 is 0. The maximum Gasteiger partial charge on any atom is 0.224 e. The minimum Gasteiger partial charge on any atom is -0.326 e. The molecule has 0 spiro atoms. The van der Waals surface area contributed by atoms with Crippen LogP contribution >= 0.6 is 0 Å². The average Bonchev–Trinajstić information content (AvgIpc) is 2.62. The van der Waals surface area contributed by atoms with Gasteiger partial charge in [-0.15, -0.1) is 0 Å². The highest BCUT2D eigenvalue weighted by Gasteiger charge is 2.08. The number of rotatable bonds is 13. The summed E-state index contributed by atoms with van der Waals surface area (Å²) >= 11 is 0. The maximum atomic E-state index is 12.0. The number of hydrogen-bond donors (Lipinski definition) is 2. The zero-order valence-corrected chi connectivity index (χ0v) is 15.7. The molecule has 26 heavy (non-hydrogen) atoms. The van der Waals surface area contributed by atoms with Crippen LogP contribution in [0.5, 0.6) is 0 Å². The third-order valence-electron chi connectivity index (χ3n) is 4.02. The average molecular weight is 356 g/mol. The number of carbonyl (C=O) groups excluding carboxylic acids is 3. The summed E-state index contributed by atoms with van der Waals surface area (Å²) in [7, 11) is 5.43. The first-order valence-corrected chi connectivity index (χ1v) is 9.49. The fraction of sp³-hybridized carbons (Fsp3) is 0.550. The minimum absolute atomic E-state index is 0.0804. The summed E-state index contributed by atoms with van der Waals surface area (Å²) in [6, 6.07) is 4.88. The second-order valence-electron chi connectivity index (χ2n) is 6.47. The molecule has 2 amide bonds. The lowest BCUT2D eigenvalue weighted by molar-refractivity contribution is -0.117. The fourth-order valence-corrected chi connectivity index (χ4v) is 2.63. The molecular weight excluding hydrogens is 327 g/mol. The van der Waals surface area contributed by atoms with Crippen molar-refractivity contribution in [1.82, 2.24) is 0 Å². The Balaban J connectivity index is 2.59. The van der Waals surface area contributed by atoms with Gasteiger partial charge in [0.25, 0.3) is 0 Å². The van der Waals surface area contributed by atoms with Gasteiger partial charge in [0.15, 0.2) is 0 Å². The Bertz CT molecular complexity index is 546. The first-order chi connectivity index (χ1) is 12.6. The number of aldehydes is 1. The van der Waals surface area contributed by atoms with Crippen LogP contribution in [0.1, 0.15) is 75.1 Å². The minimum atomic E-state index is -0.109. The van der Waals surface area contributed by atoms with Crippen molar-refractivity contribution < 1.29 is 14.4 Å². The number of unbranched alkanes of at least 4 members (excludes halogenated alkanes) is 5. The molecule has 0 saturated heterocycles. The van der Waals surface area contributed by atoms with E-state index >= 15 is 0 Å². The van der Waals surface area contributed by atoms with Crippen molar-refractivity contribution in [1.29, 1.82) is 0 Å². The van der Waals surface area contributed by atoms with Gasteiger partial charge in [-0.05, 0) is 31.0 Å². The molecule has 6 heteroatoms.